The second-order valence-electron chi connectivity index (χ2n) is 2.93. The van der Waals surface area contributed by atoms with Crippen molar-refractivity contribution in [2.45, 2.75) is 0 Å². The molecule has 16 heavy (non-hydrogen) atoms. The first-order valence-corrected chi connectivity index (χ1v) is 4.43. The third-order valence-electron chi connectivity index (χ3n) is 1.89. The van der Waals surface area contributed by atoms with Gasteiger partial charge >= 0.3 is 5.97 Å². The van der Waals surface area contributed by atoms with Crippen LogP contribution in [0, 0.1) is 10.1 Å². The molecule has 1 aromatic carbocycles. The molecule has 0 spiro atoms. The first kappa shape index (κ1) is 11.7. The Labute approximate surface area is 91.4 Å². The molecule has 0 aliphatic rings. The molecule has 0 heterocycles. The van der Waals surface area contributed by atoms with Crippen molar-refractivity contribution >= 4 is 17.3 Å². The lowest BCUT2D eigenvalue weighted by Gasteiger charge is -2.07. The summed E-state index contributed by atoms with van der Waals surface area (Å²) in [5, 5.41) is 22.2. The minimum Gasteiger partial charge on any atom is -0.478 e. The number of nitro groups is 1. The van der Waals surface area contributed by atoms with Gasteiger partial charge in [0.05, 0.1) is 10.5 Å². The van der Waals surface area contributed by atoms with E-state index in [4.69, 9.17) is 5.11 Å². The van der Waals surface area contributed by atoms with E-state index in [1.807, 2.05) is 0 Å². The van der Waals surface area contributed by atoms with Crippen LogP contribution in [-0.2, 0) is 0 Å². The van der Waals surface area contributed by atoms with E-state index in [0.29, 0.717) is 0 Å². The zero-order chi connectivity index (χ0) is 12.1. The van der Waals surface area contributed by atoms with Gasteiger partial charge in [0.2, 0.25) is 0 Å². The van der Waals surface area contributed by atoms with E-state index in [0.717, 1.165) is 0 Å². The molecule has 1 aromatic rings. The zero-order valence-corrected chi connectivity index (χ0v) is 8.34. The molecule has 0 saturated carbocycles. The number of nitrogens with zero attached hydrogens (tertiary/aromatic N) is 1. The number of nitro benzene ring substituents is 1. The Kier molecular flexibility index (Phi) is 3.60. The summed E-state index contributed by atoms with van der Waals surface area (Å²) in [4.78, 5) is 21.0. The van der Waals surface area contributed by atoms with Crippen LogP contribution in [0.2, 0.25) is 0 Å². The first-order chi connectivity index (χ1) is 7.57. The smallest absolute Gasteiger partial charge is 0.338 e. The molecule has 6 heteroatoms. The maximum absolute atomic E-state index is 10.9. The number of hydrogen-bond donors (Lipinski definition) is 2. The highest BCUT2D eigenvalue weighted by atomic mass is 16.6. The second kappa shape index (κ2) is 4.92. The Hall–Kier alpha value is -2.37. The van der Waals surface area contributed by atoms with Gasteiger partial charge in [-0.1, -0.05) is 12.1 Å². The maximum atomic E-state index is 10.9. The summed E-state index contributed by atoms with van der Waals surface area (Å²) in [6.45, 7) is 3.70. The molecule has 0 fully saturated rings. The highest BCUT2D eigenvalue weighted by molar-refractivity contribution is 5.96. The molecule has 0 aliphatic heterocycles. The van der Waals surface area contributed by atoms with Crippen molar-refractivity contribution in [3.05, 3.63) is 46.5 Å². The number of rotatable bonds is 5. The van der Waals surface area contributed by atoms with Crippen molar-refractivity contribution in [2.24, 2.45) is 0 Å². The largest absolute Gasteiger partial charge is 0.478 e. The molecule has 0 bridgehead atoms. The van der Waals surface area contributed by atoms with Gasteiger partial charge in [-0.15, -0.1) is 6.58 Å². The molecule has 0 aliphatic carbocycles. The van der Waals surface area contributed by atoms with Gasteiger partial charge in [-0.3, -0.25) is 10.1 Å². The summed E-state index contributed by atoms with van der Waals surface area (Å²) in [7, 11) is 0. The van der Waals surface area contributed by atoms with Crippen molar-refractivity contribution in [2.75, 3.05) is 11.9 Å². The zero-order valence-electron chi connectivity index (χ0n) is 8.34. The Bertz CT molecular complexity index is 410. The van der Waals surface area contributed by atoms with Gasteiger partial charge in [-0.05, 0) is 6.07 Å². The quantitative estimate of drug-likeness (QED) is 0.451. The van der Waals surface area contributed by atoms with Crippen LogP contribution in [-0.4, -0.2) is 22.5 Å². The Morgan fingerprint density at radius 2 is 2.31 bits per heavy atom. The molecule has 0 atom stereocenters. The van der Waals surface area contributed by atoms with Crippen LogP contribution >= 0.6 is 0 Å². The highest BCUT2D eigenvalue weighted by Crippen LogP contribution is 2.28. The number of carboxylic acids is 1. The molecule has 0 radical (unpaired) electrons. The van der Waals surface area contributed by atoms with Crippen molar-refractivity contribution < 1.29 is 14.8 Å². The molecule has 0 amide bonds. The van der Waals surface area contributed by atoms with Crippen LogP contribution in [0.4, 0.5) is 11.4 Å². The number of benzene rings is 1. The number of para-hydroxylation sites is 1. The number of carboxylic acid groups (broad SMARTS) is 1. The van der Waals surface area contributed by atoms with Gasteiger partial charge in [-0.2, -0.15) is 0 Å². The van der Waals surface area contributed by atoms with Gasteiger partial charge in [-0.25, -0.2) is 4.79 Å². The number of carbonyl (C=O) groups is 1. The van der Waals surface area contributed by atoms with E-state index in [1.165, 1.54) is 24.3 Å². The number of nitrogens with one attached hydrogen (secondary N) is 1. The Balaban J connectivity index is 3.28. The minimum absolute atomic E-state index is 0.0000926. The topological polar surface area (TPSA) is 92.5 Å². The normalized spacial score (nSPS) is 9.50. The van der Waals surface area contributed by atoms with E-state index in [-0.39, 0.29) is 23.5 Å². The van der Waals surface area contributed by atoms with Crippen molar-refractivity contribution in [3.8, 4) is 0 Å². The van der Waals surface area contributed by atoms with Crippen molar-refractivity contribution in [3.63, 3.8) is 0 Å². The first-order valence-electron chi connectivity index (χ1n) is 4.43. The van der Waals surface area contributed by atoms with E-state index < -0.39 is 10.9 Å². The van der Waals surface area contributed by atoms with E-state index >= 15 is 0 Å². The van der Waals surface area contributed by atoms with Crippen LogP contribution in [0.5, 0.6) is 0 Å². The fourth-order valence-corrected chi connectivity index (χ4v) is 1.23. The summed E-state index contributed by atoms with van der Waals surface area (Å²) < 4.78 is 0. The summed E-state index contributed by atoms with van der Waals surface area (Å²) in [6.07, 6.45) is 1.49. The third kappa shape index (κ3) is 2.35. The lowest BCUT2D eigenvalue weighted by atomic mass is 10.1. The molecule has 2 N–H and O–H groups in total. The predicted octanol–water partition coefficient (Wildman–Crippen LogP) is 1.89. The third-order valence-corrected chi connectivity index (χ3v) is 1.89. The molecule has 0 aromatic heterocycles. The number of anilines is 1. The second-order valence-corrected chi connectivity index (χ2v) is 2.93. The fraction of sp³-hybridized carbons (Fsp3) is 0.100. The fourth-order valence-electron chi connectivity index (χ4n) is 1.23. The van der Waals surface area contributed by atoms with Crippen LogP contribution < -0.4 is 5.32 Å². The van der Waals surface area contributed by atoms with Gasteiger partial charge in [0.25, 0.3) is 5.69 Å². The molecule has 6 nitrogen and oxygen atoms in total. The minimum atomic E-state index is -1.21. The Morgan fingerprint density at radius 1 is 1.62 bits per heavy atom. The van der Waals surface area contributed by atoms with E-state index in [1.54, 1.807) is 0 Å². The molecule has 84 valence electrons. The summed E-state index contributed by atoms with van der Waals surface area (Å²) in [5.41, 5.74) is -0.391. The van der Waals surface area contributed by atoms with Crippen LogP contribution in [0.1, 0.15) is 10.4 Å². The SMILES string of the molecule is C=CCNc1c(C(=O)O)cccc1[N+](=O)[O-]. The average molecular weight is 222 g/mol. The molecular formula is C10H10N2O4. The maximum Gasteiger partial charge on any atom is 0.338 e. The Morgan fingerprint density at radius 3 is 2.81 bits per heavy atom. The lowest BCUT2D eigenvalue weighted by Crippen LogP contribution is -2.08. The van der Waals surface area contributed by atoms with Crippen molar-refractivity contribution in [1.29, 1.82) is 0 Å². The van der Waals surface area contributed by atoms with Crippen LogP contribution in [0.15, 0.2) is 30.9 Å². The monoisotopic (exact) mass is 222 g/mol. The van der Waals surface area contributed by atoms with Gasteiger partial charge in [0.15, 0.2) is 0 Å². The highest BCUT2D eigenvalue weighted by Gasteiger charge is 2.20. The summed E-state index contributed by atoms with van der Waals surface area (Å²) in [5.74, 6) is -1.21. The average Bonchev–Trinajstić information content (AvgIpc) is 2.25. The molecular weight excluding hydrogens is 212 g/mol. The molecule has 1 rings (SSSR count). The molecule has 0 saturated heterocycles. The predicted molar refractivity (Wildman–Crippen MR) is 58.7 cm³/mol. The number of hydrogen-bond acceptors (Lipinski definition) is 4. The van der Waals surface area contributed by atoms with Gasteiger partial charge < -0.3 is 10.4 Å². The van der Waals surface area contributed by atoms with E-state index in [9.17, 15) is 14.9 Å². The van der Waals surface area contributed by atoms with Gasteiger partial charge in [0.1, 0.15) is 5.69 Å². The number of aromatic carboxylic acids is 1. The van der Waals surface area contributed by atoms with E-state index in [2.05, 4.69) is 11.9 Å². The van der Waals surface area contributed by atoms with Crippen molar-refractivity contribution in [1.82, 2.24) is 0 Å². The molecule has 0 unspecified atom stereocenters. The standard InChI is InChI=1S/C10H10N2O4/c1-2-6-11-9-7(10(13)14)4-3-5-8(9)12(15)16/h2-5,11H,1,6H2,(H,13,14). The summed E-state index contributed by atoms with van der Waals surface area (Å²) >= 11 is 0. The van der Waals surface area contributed by atoms with Crippen LogP contribution in [0.25, 0.3) is 0 Å². The lowest BCUT2D eigenvalue weighted by molar-refractivity contribution is -0.384. The summed E-state index contributed by atoms with van der Waals surface area (Å²) in [6, 6.07) is 3.89. The van der Waals surface area contributed by atoms with Crippen LogP contribution in [0.3, 0.4) is 0 Å². The van der Waals surface area contributed by atoms with Gasteiger partial charge in [0, 0.05) is 12.6 Å².